The molecule has 156 valence electrons. The largest absolute Gasteiger partial charge is 0.481 e. The summed E-state index contributed by atoms with van der Waals surface area (Å²) >= 11 is 0. The normalized spacial score (nSPS) is 18.0. The van der Waals surface area contributed by atoms with Gasteiger partial charge in [0.25, 0.3) is 0 Å². The standard InChI is InChI=1S/C12H15NO4S.C5H9NO4/c1-9-4-6-10(7-5-9)18(16,17)13-8-2-3-11(13)12(14)15;6-3(5(9)10)1-2-4(7)8/h4-7,11H,2-3,8H2,1H3,(H,14,15);3H,1-2,6H2,(H,7,8)(H,9,10)/t11-;3-/m10/s1. The summed E-state index contributed by atoms with van der Waals surface area (Å²) in [5, 5.41) is 25.3. The highest BCUT2D eigenvalue weighted by Crippen LogP contribution is 2.26. The molecule has 0 saturated carbocycles. The fourth-order valence-electron chi connectivity index (χ4n) is 2.52. The molecule has 1 aromatic rings. The van der Waals surface area contributed by atoms with Gasteiger partial charge < -0.3 is 21.1 Å². The summed E-state index contributed by atoms with van der Waals surface area (Å²) in [5.74, 6) is -3.28. The maximum Gasteiger partial charge on any atom is 0.322 e. The van der Waals surface area contributed by atoms with E-state index in [4.69, 9.17) is 21.1 Å². The van der Waals surface area contributed by atoms with E-state index in [2.05, 4.69) is 0 Å². The smallest absolute Gasteiger partial charge is 0.322 e. The zero-order valence-electron chi connectivity index (χ0n) is 15.3. The Bertz CT molecular complexity index is 807. The molecule has 10 nitrogen and oxygen atoms in total. The lowest BCUT2D eigenvalue weighted by Gasteiger charge is -2.20. The summed E-state index contributed by atoms with van der Waals surface area (Å²) < 4.78 is 25.7. The van der Waals surface area contributed by atoms with Gasteiger partial charge in [0, 0.05) is 13.0 Å². The van der Waals surface area contributed by atoms with Crippen molar-refractivity contribution in [2.24, 2.45) is 5.73 Å². The number of benzene rings is 1. The van der Waals surface area contributed by atoms with Gasteiger partial charge in [-0.3, -0.25) is 14.4 Å². The number of carboxylic acid groups (broad SMARTS) is 3. The SMILES string of the molecule is Cc1ccc(S(=O)(=O)N2CCC[C@@H]2C(=O)O)cc1.N[C@@H](CCC(=O)O)C(=O)O. The minimum absolute atomic E-state index is 0.0231. The second-order valence-corrected chi connectivity index (χ2v) is 8.19. The number of hydrogen-bond donors (Lipinski definition) is 4. The Morgan fingerprint density at radius 2 is 1.75 bits per heavy atom. The summed E-state index contributed by atoms with van der Waals surface area (Å²) in [5.41, 5.74) is 5.97. The Balaban J connectivity index is 0.000000336. The van der Waals surface area contributed by atoms with Crippen molar-refractivity contribution >= 4 is 27.9 Å². The monoisotopic (exact) mass is 416 g/mol. The quantitative estimate of drug-likeness (QED) is 0.493. The fraction of sp³-hybridized carbons (Fsp3) is 0.471. The van der Waals surface area contributed by atoms with Crippen LogP contribution in [0.1, 0.15) is 31.2 Å². The second-order valence-electron chi connectivity index (χ2n) is 6.30. The molecule has 1 heterocycles. The van der Waals surface area contributed by atoms with Gasteiger partial charge in [-0.25, -0.2) is 8.42 Å². The van der Waals surface area contributed by atoms with Crippen LogP contribution in [-0.4, -0.2) is 64.6 Å². The van der Waals surface area contributed by atoms with E-state index in [0.29, 0.717) is 12.8 Å². The number of carbonyl (C=O) groups is 3. The Hall–Kier alpha value is -2.50. The predicted octanol–water partition coefficient (Wildman–Crippen LogP) is 0.496. The van der Waals surface area contributed by atoms with Crippen molar-refractivity contribution in [3.63, 3.8) is 0 Å². The number of sulfonamides is 1. The van der Waals surface area contributed by atoms with E-state index in [1.165, 1.54) is 12.1 Å². The van der Waals surface area contributed by atoms with E-state index < -0.39 is 40.0 Å². The van der Waals surface area contributed by atoms with Gasteiger partial charge in [-0.05, 0) is 38.3 Å². The van der Waals surface area contributed by atoms with Crippen LogP contribution in [0.25, 0.3) is 0 Å². The molecule has 0 spiro atoms. The van der Waals surface area contributed by atoms with E-state index in [-0.39, 0.29) is 24.3 Å². The summed E-state index contributed by atoms with van der Waals surface area (Å²) in [6, 6.07) is 4.45. The molecule has 0 amide bonds. The first-order valence-electron chi connectivity index (χ1n) is 8.48. The van der Waals surface area contributed by atoms with Crippen molar-refractivity contribution < 1.29 is 38.1 Å². The van der Waals surface area contributed by atoms with Gasteiger partial charge in [-0.1, -0.05) is 17.7 Å². The van der Waals surface area contributed by atoms with Crippen LogP contribution in [-0.2, 0) is 24.4 Å². The molecule has 0 bridgehead atoms. The molecule has 5 N–H and O–H groups in total. The Morgan fingerprint density at radius 1 is 1.18 bits per heavy atom. The van der Waals surface area contributed by atoms with Gasteiger partial charge >= 0.3 is 17.9 Å². The minimum Gasteiger partial charge on any atom is -0.481 e. The molecule has 1 fully saturated rings. The number of nitrogens with zero attached hydrogens (tertiary/aromatic N) is 1. The lowest BCUT2D eigenvalue weighted by Crippen LogP contribution is -2.40. The topological polar surface area (TPSA) is 175 Å². The van der Waals surface area contributed by atoms with Crippen LogP contribution in [0.4, 0.5) is 0 Å². The average Bonchev–Trinajstić information content (AvgIpc) is 3.11. The molecule has 2 rings (SSSR count). The lowest BCUT2D eigenvalue weighted by atomic mass is 10.2. The maximum absolute atomic E-state index is 12.3. The third-order valence-electron chi connectivity index (χ3n) is 4.10. The van der Waals surface area contributed by atoms with Crippen LogP contribution in [0.2, 0.25) is 0 Å². The van der Waals surface area contributed by atoms with Crippen molar-refractivity contribution in [1.82, 2.24) is 4.31 Å². The Labute approximate surface area is 162 Å². The predicted molar refractivity (Wildman–Crippen MR) is 98.2 cm³/mol. The molecular weight excluding hydrogens is 392 g/mol. The van der Waals surface area contributed by atoms with E-state index in [9.17, 15) is 22.8 Å². The molecular formula is C17H24N2O8S. The third kappa shape index (κ3) is 6.59. The van der Waals surface area contributed by atoms with Crippen molar-refractivity contribution in [2.45, 2.75) is 49.6 Å². The molecule has 1 aliphatic rings. The van der Waals surface area contributed by atoms with E-state index >= 15 is 0 Å². The maximum atomic E-state index is 12.3. The average molecular weight is 416 g/mol. The van der Waals surface area contributed by atoms with Gasteiger partial charge in [0.1, 0.15) is 12.1 Å². The van der Waals surface area contributed by atoms with Gasteiger partial charge in [0.05, 0.1) is 4.90 Å². The molecule has 0 aromatic heterocycles. The van der Waals surface area contributed by atoms with Crippen LogP contribution < -0.4 is 5.73 Å². The zero-order chi connectivity index (χ0) is 21.5. The Kier molecular flexibility index (Phi) is 8.54. The number of rotatable bonds is 7. The summed E-state index contributed by atoms with van der Waals surface area (Å²) in [6.07, 6.45) is 0.737. The highest BCUT2D eigenvalue weighted by atomic mass is 32.2. The first kappa shape index (κ1) is 23.5. The minimum atomic E-state index is -3.70. The third-order valence-corrected chi connectivity index (χ3v) is 6.03. The second kappa shape index (κ2) is 10.2. The van der Waals surface area contributed by atoms with Crippen molar-refractivity contribution in [2.75, 3.05) is 6.54 Å². The van der Waals surface area contributed by atoms with E-state index in [1.54, 1.807) is 12.1 Å². The Morgan fingerprint density at radius 3 is 2.21 bits per heavy atom. The van der Waals surface area contributed by atoms with Crippen molar-refractivity contribution in [1.29, 1.82) is 0 Å². The van der Waals surface area contributed by atoms with Gasteiger partial charge in [-0.2, -0.15) is 4.31 Å². The number of nitrogens with two attached hydrogens (primary N) is 1. The van der Waals surface area contributed by atoms with Crippen LogP contribution in [0, 0.1) is 6.92 Å². The molecule has 28 heavy (non-hydrogen) atoms. The number of aryl methyl sites for hydroxylation is 1. The summed E-state index contributed by atoms with van der Waals surface area (Å²) in [6.45, 7) is 2.14. The highest BCUT2D eigenvalue weighted by Gasteiger charge is 2.39. The number of carboxylic acids is 3. The number of aliphatic carboxylic acids is 3. The molecule has 0 unspecified atom stereocenters. The molecule has 1 saturated heterocycles. The molecule has 0 aliphatic carbocycles. The zero-order valence-corrected chi connectivity index (χ0v) is 16.1. The van der Waals surface area contributed by atoms with Gasteiger partial charge in [0.2, 0.25) is 10.0 Å². The molecule has 0 radical (unpaired) electrons. The summed E-state index contributed by atoms with van der Waals surface area (Å²) in [7, 11) is -3.70. The van der Waals surface area contributed by atoms with Gasteiger partial charge in [-0.15, -0.1) is 0 Å². The van der Waals surface area contributed by atoms with Gasteiger partial charge in [0.15, 0.2) is 0 Å². The van der Waals surface area contributed by atoms with E-state index in [0.717, 1.165) is 9.87 Å². The number of hydrogen-bond acceptors (Lipinski definition) is 6. The molecule has 1 aliphatic heterocycles. The molecule has 11 heteroatoms. The first-order valence-corrected chi connectivity index (χ1v) is 9.92. The van der Waals surface area contributed by atoms with Crippen molar-refractivity contribution in [3.05, 3.63) is 29.8 Å². The van der Waals surface area contributed by atoms with Crippen molar-refractivity contribution in [3.8, 4) is 0 Å². The lowest BCUT2D eigenvalue weighted by molar-refractivity contribution is -0.141. The van der Waals surface area contributed by atoms with Crippen LogP contribution in [0.15, 0.2) is 29.2 Å². The van der Waals surface area contributed by atoms with Crippen LogP contribution >= 0.6 is 0 Å². The first-order chi connectivity index (χ1) is 13.0. The fourth-order valence-corrected chi connectivity index (χ4v) is 4.17. The molecule has 1 aromatic carbocycles. The van der Waals surface area contributed by atoms with Crippen LogP contribution in [0.3, 0.4) is 0 Å². The van der Waals surface area contributed by atoms with Crippen LogP contribution in [0.5, 0.6) is 0 Å². The molecule has 2 atom stereocenters. The summed E-state index contributed by atoms with van der Waals surface area (Å²) in [4.78, 5) is 31.1. The highest BCUT2D eigenvalue weighted by molar-refractivity contribution is 7.89. The van der Waals surface area contributed by atoms with E-state index in [1.807, 2.05) is 6.92 Å².